The standard InChI is InChI=1S/C8H14N2O4.C8H10O/c1-14-8(13)7(10-6-12)3-2-4-9-5-11;1-9-7-8-5-3-2-4-6-8/h5-7H,2-4H2,1H3,(H,9,11)(H,10,12);2-6H,7H2,1H3. The van der Waals surface area contributed by atoms with Crippen molar-refractivity contribution in [3.63, 3.8) is 0 Å². The highest BCUT2D eigenvalue weighted by Gasteiger charge is 2.16. The molecule has 0 saturated carbocycles. The zero-order chi connectivity index (χ0) is 17.3. The van der Waals surface area contributed by atoms with Crippen LogP contribution < -0.4 is 10.6 Å². The molecule has 1 aromatic carbocycles. The molecule has 7 heteroatoms. The molecule has 0 radical (unpaired) electrons. The van der Waals surface area contributed by atoms with Crippen LogP contribution >= 0.6 is 0 Å². The maximum Gasteiger partial charge on any atom is 0.328 e. The number of hydrogen-bond acceptors (Lipinski definition) is 5. The molecular formula is C16H24N2O5. The van der Waals surface area contributed by atoms with Gasteiger partial charge in [-0.05, 0) is 18.4 Å². The number of methoxy groups -OCH3 is 2. The molecule has 0 bridgehead atoms. The molecule has 0 saturated heterocycles. The summed E-state index contributed by atoms with van der Waals surface area (Å²) in [5.41, 5.74) is 1.22. The first-order valence-corrected chi connectivity index (χ1v) is 7.17. The van der Waals surface area contributed by atoms with Gasteiger partial charge in [0.15, 0.2) is 0 Å². The normalized spacial score (nSPS) is 10.5. The fourth-order valence-corrected chi connectivity index (χ4v) is 1.70. The van der Waals surface area contributed by atoms with E-state index in [0.29, 0.717) is 38.8 Å². The minimum atomic E-state index is -0.633. The Bertz CT molecular complexity index is 439. The van der Waals surface area contributed by atoms with Crippen LogP contribution in [-0.2, 0) is 30.5 Å². The van der Waals surface area contributed by atoms with Crippen molar-refractivity contribution in [3.8, 4) is 0 Å². The van der Waals surface area contributed by atoms with E-state index >= 15 is 0 Å². The number of carbonyl (C=O) groups excluding carboxylic acids is 3. The van der Waals surface area contributed by atoms with Crippen molar-refractivity contribution in [1.82, 2.24) is 10.6 Å². The average Bonchev–Trinajstić information content (AvgIpc) is 2.59. The number of esters is 1. The van der Waals surface area contributed by atoms with Gasteiger partial charge < -0.3 is 20.1 Å². The number of rotatable bonds is 10. The molecule has 2 N–H and O–H groups in total. The molecule has 0 fully saturated rings. The fourth-order valence-electron chi connectivity index (χ4n) is 1.70. The van der Waals surface area contributed by atoms with E-state index in [1.165, 1.54) is 12.7 Å². The van der Waals surface area contributed by atoms with Crippen molar-refractivity contribution in [3.05, 3.63) is 35.9 Å². The summed E-state index contributed by atoms with van der Waals surface area (Å²) in [5.74, 6) is -0.483. The van der Waals surface area contributed by atoms with Gasteiger partial charge in [0.25, 0.3) is 0 Å². The number of carbonyl (C=O) groups is 3. The molecule has 0 aliphatic carbocycles. The maximum atomic E-state index is 11.0. The highest BCUT2D eigenvalue weighted by molar-refractivity contribution is 5.77. The van der Waals surface area contributed by atoms with Gasteiger partial charge in [0.2, 0.25) is 12.8 Å². The van der Waals surface area contributed by atoms with Gasteiger partial charge in [-0.15, -0.1) is 0 Å². The van der Waals surface area contributed by atoms with Crippen LogP contribution in [0, 0.1) is 0 Å². The number of nitrogens with one attached hydrogen (secondary N) is 2. The average molecular weight is 324 g/mol. The number of benzene rings is 1. The molecule has 23 heavy (non-hydrogen) atoms. The molecule has 1 atom stereocenters. The van der Waals surface area contributed by atoms with E-state index in [0.717, 1.165) is 0 Å². The molecule has 0 aliphatic heterocycles. The van der Waals surface area contributed by atoms with E-state index in [1.807, 2.05) is 30.3 Å². The largest absolute Gasteiger partial charge is 0.467 e. The molecule has 0 heterocycles. The van der Waals surface area contributed by atoms with Crippen LogP contribution in [0.4, 0.5) is 0 Å². The molecule has 1 aromatic rings. The summed E-state index contributed by atoms with van der Waals surface area (Å²) in [7, 11) is 2.96. The molecule has 7 nitrogen and oxygen atoms in total. The van der Waals surface area contributed by atoms with Gasteiger partial charge in [-0.2, -0.15) is 0 Å². The summed E-state index contributed by atoms with van der Waals surface area (Å²) in [5, 5.41) is 4.79. The first-order chi connectivity index (χ1) is 11.2. The first-order valence-electron chi connectivity index (χ1n) is 7.17. The molecule has 1 rings (SSSR count). The van der Waals surface area contributed by atoms with Gasteiger partial charge in [0, 0.05) is 13.7 Å². The van der Waals surface area contributed by atoms with E-state index in [9.17, 15) is 14.4 Å². The number of ether oxygens (including phenoxy) is 2. The third-order valence-electron chi connectivity index (χ3n) is 2.81. The van der Waals surface area contributed by atoms with E-state index in [-0.39, 0.29) is 0 Å². The van der Waals surface area contributed by atoms with Crippen molar-refractivity contribution >= 4 is 18.8 Å². The predicted molar refractivity (Wildman–Crippen MR) is 85.5 cm³/mol. The van der Waals surface area contributed by atoms with E-state index in [4.69, 9.17) is 4.74 Å². The third-order valence-corrected chi connectivity index (χ3v) is 2.81. The van der Waals surface area contributed by atoms with Crippen molar-refractivity contribution in [2.45, 2.75) is 25.5 Å². The van der Waals surface area contributed by atoms with E-state index < -0.39 is 12.0 Å². The highest BCUT2D eigenvalue weighted by Crippen LogP contribution is 1.98. The zero-order valence-electron chi connectivity index (χ0n) is 13.5. The predicted octanol–water partition coefficient (Wildman–Crippen LogP) is 0.633. The molecular weight excluding hydrogens is 300 g/mol. The minimum absolute atomic E-state index is 0.437. The quantitative estimate of drug-likeness (QED) is 0.374. The summed E-state index contributed by atoms with van der Waals surface area (Å²) >= 11 is 0. The topological polar surface area (TPSA) is 93.7 Å². The Hall–Kier alpha value is -2.41. The lowest BCUT2D eigenvalue weighted by atomic mass is 10.1. The second kappa shape index (κ2) is 14.5. The van der Waals surface area contributed by atoms with Crippen LogP contribution in [-0.4, -0.2) is 45.6 Å². The van der Waals surface area contributed by atoms with Crippen LogP contribution in [0.25, 0.3) is 0 Å². The number of hydrogen-bond donors (Lipinski definition) is 2. The lowest BCUT2D eigenvalue weighted by molar-refractivity contribution is -0.144. The van der Waals surface area contributed by atoms with Crippen molar-refractivity contribution in [1.29, 1.82) is 0 Å². The molecule has 0 spiro atoms. The third kappa shape index (κ3) is 10.9. The lowest BCUT2D eigenvalue weighted by Crippen LogP contribution is -2.37. The van der Waals surface area contributed by atoms with Crippen LogP contribution in [0.15, 0.2) is 30.3 Å². The van der Waals surface area contributed by atoms with Gasteiger partial charge in [0.1, 0.15) is 6.04 Å². The zero-order valence-corrected chi connectivity index (χ0v) is 13.5. The Labute approximate surface area is 136 Å². The molecule has 2 amide bonds. The lowest BCUT2D eigenvalue weighted by Gasteiger charge is -2.12. The van der Waals surface area contributed by atoms with Crippen LogP contribution in [0.5, 0.6) is 0 Å². The van der Waals surface area contributed by atoms with Gasteiger partial charge in [-0.3, -0.25) is 9.59 Å². The smallest absolute Gasteiger partial charge is 0.328 e. The van der Waals surface area contributed by atoms with Crippen molar-refractivity contribution in [2.75, 3.05) is 20.8 Å². The highest BCUT2D eigenvalue weighted by atomic mass is 16.5. The Balaban J connectivity index is 0.000000459. The second-order valence-corrected chi connectivity index (χ2v) is 4.49. The van der Waals surface area contributed by atoms with E-state index in [2.05, 4.69) is 15.4 Å². The Morgan fingerprint density at radius 3 is 2.39 bits per heavy atom. The molecule has 128 valence electrons. The van der Waals surface area contributed by atoms with Gasteiger partial charge in [-0.25, -0.2) is 4.79 Å². The monoisotopic (exact) mass is 324 g/mol. The fraction of sp³-hybridized carbons (Fsp3) is 0.438. The van der Waals surface area contributed by atoms with Gasteiger partial charge >= 0.3 is 5.97 Å². The minimum Gasteiger partial charge on any atom is -0.467 e. The summed E-state index contributed by atoms with van der Waals surface area (Å²) in [4.78, 5) is 31.1. The molecule has 1 unspecified atom stereocenters. The van der Waals surface area contributed by atoms with Crippen molar-refractivity contribution < 1.29 is 23.9 Å². The first kappa shape index (κ1) is 20.6. The Morgan fingerprint density at radius 2 is 1.87 bits per heavy atom. The maximum absolute atomic E-state index is 11.0. The van der Waals surface area contributed by atoms with Crippen LogP contribution in [0.3, 0.4) is 0 Å². The molecule has 0 aromatic heterocycles. The van der Waals surface area contributed by atoms with Gasteiger partial charge in [-0.1, -0.05) is 30.3 Å². The SMILES string of the molecule is COC(=O)C(CCCNC=O)NC=O.COCc1ccccc1. The van der Waals surface area contributed by atoms with E-state index in [1.54, 1.807) is 7.11 Å². The van der Waals surface area contributed by atoms with Crippen molar-refractivity contribution in [2.24, 2.45) is 0 Å². The Morgan fingerprint density at radius 1 is 1.17 bits per heavy atom. The summed E-state index contributed by atoms with van der Waals surface area (Å²) in [6.07, 6.45) is 2.07. The van der Waals surface area contributed by atoms with Crippen LogP contribution in [0.2, 0.25) is 0 Å². The summed E-state index contributed by atoms with van der Waals surface area (Å²) < 4.78 is 9.40. The van der Waals surface area contributed by atoms with Gasteiger partial charge in [0.05, 0.1) is 13.7 Å². The number of amides is 2. The molecule has 0 aliphatic rings. The summed E-state index contributed by atoms with van der Waals surface area (Å²) in [6, 6.07) is 9.47. The second-order valence-electron chi connectivity index (χ2n) is 4.49. The Kier molecular flexibility index (Phi) is 13.0. The summed E-state index contributed by atoms with van der Waals surface area (Å²) in [6.45, 7) is 1.18. The van der Waals surface area contributed by atoms with Crippen LogP contribution in [0.1, 0.15) is 18.4 Å².